The molecule has 0 spiro atoms. The molecular formula is C38H34N2O7S. The highest BCUT2D eigenvalue weighted by Crippen LogP contribution is 2.41. The average molecular weight is 663 g/mol. The van der Waals surface area contributed by atoms with Crippen molar-refractivity contribution in [3.63, 3.8) is 0 Å². The molecule has 0 aromatic heterocycles. The molecule has 10 heteroatoms. The quantitative estimate of drug-likeness (QED) is 0.140. The summed E-state index contributed by atoms with van der Waals surface area (Å²) in [5.74, 6) is -2.40. The van der Waals surface area contributed by atoms with Gasteiger partial charge in [-0.25, -0.2) is 4.79 Å². The monoisotopic (exact) mass is 662 g/mol. The Morgan fingerprint density at radius 2 is 1.19 bits per heavy atom. The number of hydrogen-bond donors (Lipinski definition) is 2. The van der Waals surface area contributed by atoms with Crippen LogP contribution < -0.4 is 5.32 Å². The molecule has 0 saturated carbocycles. The summed E-state index contributed by atoms with van der Waals surface area (Å²) in [7, 11) is 0. The van der Waals surface area contributed by atoms with Crippen LogP contribution in [0.25, 0.3) is 0 Å². The van der Waals surface area contributed by atoms with E-state index in [1.165, 1.54) is 16.7 Å². The molecular weight excluding hydrogens is 628 g/mol. The van der Waals surface area contributed by atoms with Gasteiger partial charge in [-0.3, -0.25) is 19.3 Å². The van der Waals surface area contributed by atoms with Crippen LogP contribution >= 0.6 is 11.8 Å². The van der Waals surface area contributed by atoms with Crippen LogP contribution in [0.4, 0.5) is 0 Å². The number of carbonyl (C=O) groups excluding carboxylic acids is 4. The topological polar surface area (TPSA) is 122 Å². The van der Waals surface area contributed by atoms with Crippen molar-refractivity contribution in [3.05, 3.63) is 155 Å². The number of ether oxygens (including phenoxy) is 2. The van der Waals surface area contributed by atoms with Crippen molar-refractivity contribution in [2.45, 2.75) is 42.9 Å². The van der Waals surface area contributed by atoms with Crippen LogP contribution in [0.3, 0.4) is 0 Å². The molecule has 244 valence electrons. The first-order chi connectivity index (χ1) is 23.4. The number of amides is 2. The molecule has 2 amide bonds. The Labute approximate surface area is 282 Å². The summed E-state index contributed by atoms with van der Waals surface area (Å²) >= 11 is 1.24. The molecule has 4 aromatic rings. The molecule has 2 aliphatic heterocycles. The minimum atomic E-state index is -0.884. The van der Waals surface area contributed by atoms with E-state index in [1.54, 1.807) is 0 Å². The van der Waals surface area contributed by atoms with Gasteiger partial charge >= 0.3 is 11.9 Å². The number of carbonyl (C=O) groups is 4. The van der Waals surface area contributed by atoms with Gasteiger partial charge in [-0.05, 0) is 28.7 Å². The molecule has 0 radical (unpaired) electrons. The predicted octanol–water partition coefficient (Wildman–Crippen LogP) is 5.99. The summed E-state index contributed by atoms with van der Waals surface area (Å²) in [6.45, 7) is 0. The maximum Gasteiger partial charge on any atom is 0.359 e. The van der Waals surface area contributed by atoms with Crippen molar-refractivity contribution < 1.29 is 33.8 Å². The van der Waals surface area contributed by atoms with Crippen molar-refractivity contribution >= 4 is 35.5 Å². The van der Waals surface area contributed by atoms with Gasteiger partial charge in [0.05, 0.1) is 5.75 Å². The molecule has 0 bridgehead atoms. The fraction of sp³-hybridized carbons (Fsp3) is 0.211. The first-order valence-corrected chi connectivity index (χ1v) is 16.7. The maximum atomic E-state index is 13.5. The molecule has 1 saturated heterocycles. The van der Waals surface area contributed by atoms with E-state index in [-0.39, 0.29) is 36.5 Å². The summed E-state index contributed by atoms with van der Waals surface area (Å²) < 4.78 is 11.7. The predicted molar refractivity (Wildman–Crippen MR) is 180 cm³/mol. The van der Waals surface area contributed by atoms with E-state index in [4.69, 9.17) is 9.47 Å². The zero-order chi connectivity index (χ0) is 33.5. The van der Waals surface area contributed by atoms with Gasteiger partial charge in [-0.1, -0.05) is 121 Å². The molecule has 2 atom stereocenters. The van der Waals surface area contributed by atoms with Gasteiger partial charge in [0.2, 0.25) is 5.91 Å². The molecule has 0 aliphatic carbocycles. The number of rotatable bonds is 12. The Morgan fingerprint density at radius 3 is 1.67 bits per heavy atom. The number of thioether (sulfide) groups is 1. The third-order valence-corrected chi connectivity index (χ3v) is 9.39. The standard InChI is InChI=1S/C38H34N2O7S/c41-29-24-48-37-32(36(44)40(37)33(29)38(45)47-35(27-18-9-3-10-19-27)28-20-11-4-12-21-28)39-30(42)22-13-23-31(43)46-34(25-14-5-1-6-15-25)26-16-7-2-8-17-26/h1-12,14-21,32,34-35,37,41H,13,22-24H2,(H,39,42). The number of aliphatic hydroxyl groups excluding tert-OH is 1. The fourth-order valence-corrected chi connectivity index (χ4v) is 6.95. The van der Waals surface area contributed by atoms with Gasteiger partial charge in [0.15, 0.2) is 17.9 Å². The van der Waals surface area contributed by atoms with E-state index in [1.807, 2.05) is 121 Å². The second-order valence-corrected chi connectivity index (χ2v) is 12.5. The van der Waals surface area contributed by atoms with Gasteiger partial charge in [0, 0.05) is 12.8 Å². The zero-order valence-electron chi connectivity index (χ0n) is 25.9. The first-order valence-electron chi connectivity index (χ1n) is 15.7. The molecule has 2 unspecified atom stereocenters. The van der Waals surface area contributed by atoms with Gasteiger partial charge < -0.3 is 19.9 Å². The smallest absolute Gasteiger partial charge is 0.359 e. The lowest BCUT2D eigenvalue weighted by Gasteiger charge is -2.48. The summed E-state index contributed by atoms with van der Waals surface area (Å²) in [6.07, 6.45) is -1.09. The molecule has 9 nitrogen and oxygen atoms in total. The second-order valence-electron chi connectivity index (χ2n) is 11.4. The lowest BCUT2D eigenvalue weighted by Crippen LogP contribution is -2.70. The number of nitrogens with zero attached hydrogens (tertiary/aromatic N) is 1. The Balaban J connectivity index is 1.04. The van der Waals surface area contributed by atoms with Crippen LogP contribution in [-0.2, 0) is 28.7 Å². The van der Waals surface area contributed by atoms with Crippen LogP contribution in [0.5, 0.6) is 0 Å². The lowest BCUT2D eigenvalue weighted by molar-refractivity contribution is -0.155. The minimum absolute atomic E-state index is 0.00340. The number of nitrogens with one attached hydrogen (secondary N) is 1. The van der Waals surface area contributed by atoms with Gasteiger partial charge in [0.25, 0.3) is 5.91 Å². The first kappa shape index (κ1) is 32.6. The third kappa shape index (κ3) is 7.29. The number of aliphatic hydroxyl groups is 1. The summed E-state index contributed by atoms with van der Waals surface area (Å²) in [6, 6.07) is 36.4. The van der Waals surface area contributed by atoms with E-state index in [9.17, 15) is 24.3 Å². The molecule has 6 rings (SSSR count). The molecule has 1 fully saturated rings. The van der Waals surface area contributed by atoms with E-state index >= 15 is 0 Å². The third-order valence-electron chi connectivity index (χ3n) is 8.13. The average Bonchev–Trinajstić information content (AvgIpc) is 3.13. The fourth-order valence-electron chi connectivity index (χ4n) is 5.75. The van der Waals surface area contributed by atoms with Crippen LogP contribution in [-0.4, -0.2) is 50.9 Å². The molecule has 2 N–H and O–H groups in total. The van der Waals surface area contributed by atoms with E-state index in [0.717, 1.165) is 22.3 Å². The Kier molecular flexibility index (Phi) is 10.2. The SMILES string of the molecule is O=C(CCCC(=O)OC(c1ccccc1)c1ccccc1)NC1C(=O)N2C(C(=O)OC(c3ccccc3)c3ccccc3)=C(O)CSC12. The minimum Gasteiger partial charge on any atom is -0.509 e. The van der Waals surface area contributed by atoms with E-state index in [2.05, 4.69) is 5.32 Å². The highest BCUT2D eigenvalue weighted by Gasteiger charge is 2.55. The lowest BCUT2D eigenvalue weighted by atomic mass is 10.0. The van der Waals surface area contributed by atoms with Crippen molar-refractivity contribution in [2.24, 2.45) is 0 Å². The number of fused-ring (bicyclic) bond motifs is 1. The van der Waals surface area contributed by atoms with Crippen LogP contribution in [0, 0.1) is 0 Å². The van der Waals surface area contributed by atoms with Crippen molar-refractivity contribution in [1.82, 2.24) is 10.2 Å². The Hall–Kier alpha value is -5.35. The molecule has 48 heavy (non-hydrogen) atoms. The largest absolute Gasteiger partial charge is 0.509 e. The molecule has 2 heterocycles. The second kappa shape index (κ2) is 15.0. The Bertz CT molecular complexity index is 1710. The van der Waals surface area contributed by atoms with Crippen molar-refractivity contribution in [2.75, 3.05) is 5.75 Å². The summed E-state index contributed by atoms with van der Waals surface area (Å²) in [5.41, 5.74) is 2.93. The number of hydrogen-bond acceptors (Lipinski definition) is 8. The van der Waals surface area contributed by atoms with Gasteiger partial charge in [-0.15, -0.1) is 11.8 Å². The normalized spacial score (nSPS) is 17.0. The highest BCUT2D eigenvalue weighted by atomic mass is 32.2. The Morgan fingerprint density at radius 1 is 0.729 bits per heavy atom. The van der Waals surface area contributed by atoms with E-state index < -0.39 is 47.4 Å². The van der Waals surface area contributed by atoms with Crippen molar-refractivity contribution in [3.8, 4) is 0 Å². The highest BCUT2D eigenvalue weighted by molar-refractivity contribution is 8.00. The maximum absolute atomic E-state index is 13.5. The van der Waals surface area contributed by atoms with Gasteiger partial charge in [0.1, 0.15) is 17.2 Å². The molecule has 4 aromatic carbocycles. The number of esters is 2. The summed E-state index contributed by atoms with van der Waals surface area (Å²) in [5, 5.41) is 12.9. The number of benzene rings is 4. The summed E-state index contributed by atoms with van der Waals surface area (Å²) in [4.78, 5) is 53.6. The van der Waals surface area contributed by atoms with Crippen LogP contribution in [0.1, 0.15) is 53.7 Å². The zero-order valence-corrected chi connectivity index (χ0v) is 26.8. The van der Waals surface area contributed by atoms with E-state index in [0.29, 0.717) is 0 Å². The van der Waals surface area contributed by atoms with Gasteiger partial charge in [-0.2, -0.15) is 0 Å². The van der Waals surface area contributed by atoms with Crippen LogP contribution in [0.2, 0.25) is 0 Å². The van der Waals surface area contributed by atoms with Crippen LogP contribution in [0.15, 0.2) is 133 Å². The molecule has 2 aliphatic rings. The number of β-lactam (4-membered cyclic amide) rings is 1. The van der Waals surface area contributed by atoms with Crippen molar-refractivity contribution in [1.29, 1.82) is 0 Å².